The largest absolute Gasteiger partial charge is 0.478 e. The van der Waals surface area contributed by atoms with Gasteiger partial charge in [0.25, 0.3) is 0 Å². The molecule has 0 aromatic heterocycles. The van der Waals surface area contributed by atoms with E-state index in [-0.39, 0.29) is 5.92 Å². The van der Waals surface area contributed by atoms with E-state index < -0.39 is 5.97 Å². The molecule has 0 bridgehead atoms. The number of nitrogens with zero attached hydrogens (tertiary/aromatic N) is 4. The van der Waals surface area contributed by atoms with Gasteiger partial charge in [-0.1, -0.05) is 24.3 Å². The summed E-state index contributed by atoms with van der Waals surface area (Å²) in [5, 5.41) is 10.2. The third kappa shape index (κ3) is 5.59. The summed E-state index contributed by atoms with van der Waals surface area (Å²) < 4.78 is 0. The molecule has 6 nitrogen and oxygen atoms in total. The van der Waals surface area contributed by atoms with Gasteiger partial charge in [0.15, 0.2) is 0 Å². The highest BCUT2D eigenvalue weighted by Gasteiger charge is 2.26. The Morgan fingerprint density at radius 2 is 1.19 bits per heavy atom. The van der Waals surface area contributed by atoms with E-state index in [1.54, 1.807) is 6.07 Å². The molecule has 3 aromatic carbocycles. The second-order valence-electron chi connectivity index (χ2n) is 9.70. The number of rotatable bonds is 10. The summed E-state index contributed by atoms with van der Waals surface area (Å²) in [6, 6.07) is 20.7. The Bertz CT molecular complexity index is 1180. The molecule has 0 saturated carbocycles. The van der Waals surface area contributed by atoms with Crippen LogP contribution in [0.25, 0.3) is 0 Å². The summed E-state index contributed by atoms with van der Waals surface area (Å²) in [6.07, 6.45) is 0. The number of carboxylic acids is 1. The van der Waals surface area contributed by atoms with Gasteiger partial charge in [0, 0.05) is 84.0 Å². The van der Waals surface area contributed by atoms with Crippen LogP contribution in [0.15, 0.2) is 60.7 Å². The molecule has 3 rings (SSSR count). The van der Waals surface area contributed by atoms with Gasteiger partial charge in [-0.05, 0) is 66.9 Å². The van der Waals surface area contributed by atoms with Gasteiger partial charge >= 0.3 is 5.97 Å². The monoisotopic (exact) mass is 488 g/mol. The van der Waals surface area contributed by atoms with Crippen LogP contribution in [0.1, 0.15) is 46.8 Å². The zero-order chi connectivity index (χ0) is 26.6. The zero-order valence-corrected chi connectivity index (χ0v) is 22.9. The molecule has 0 amide bonds. The molecule has 0 aliphatic heterocycles. The lowest BCUT2D eigenvalue weighted by Gasteiger charge is -2.29. The SMILES string of the molecule is CCN(CC)c1ccc(C(c2ccc(N(C)C)cc2C(=O)O)c2ccc(N(C)C)cc2N(C)C)cc1. The Balaban J connectivity index is 2.30. The fourth-order valence-corrected chi connectivity index (χ4v) is 4.69. The number of carbonyl (C=O) groups is 1. The molecule has 1 unspecified atom stereocenters. The van der Waals surface area contributed by atoms with Gasteiger partial charge in [-0.25, -0.2) is 4.79 Å². The maximum atomic E-state index is 12.5. The molecule has 0 aliphatic carbocycles. The van der Waals surface area contributed by atoms with Gasteiger partial charge in [0.1, 0.15) is 0 Å². The number of carboxylic acid groups (broad SMARTS) is 1. The van der Waals surface area contributed by atoms with Crippen molar-refractivity contribution in [1.29, 1.82) is 0 Å². The molecule has 3 aromatic rings. The summed E-state index contributed by atoms with van der Waals surface area (Å²) >= 11 is 0. The summed E-state index contributed by atoms with van der Waals surface area (Å²) in [5.41, 5.74) is 7.42. The van der Waals surface area contributed by atoms with E-state index in [0.717, 1.165) is 46.8 Å². The van der Waals surface area contributed by atoms with Gasteiger partial charge in [-0.3, -0.25) is 0 Å². The van der Waals surface area contributed by atoms with Crippen LogP contribution in [0.2, 0.25) is 0 Å². The van der Waals surface area contributed by atoms with Crippen molar-refractivity contribution < 1.29 is 9.90 Å². The summed E-state index contributed by atoms with van der Waals surface area (Å²) in [4.78, 5) is 20.9. The van der Waals surface area contributed by atoms with Crippen molar-refractivity contribution >= 4 is 28.7 Å². The Morgan fingerprint density at radius 1 is 0.694 bits per heavy atom. The highest BCUT2D eigenvalue weighted by Crippen LogP contribution is 2.41. The third-order valence-electron chi connectivity index (χ3n) is 6.77. The van der Waals surface area contributed by atoms with Crippen LogP contribution in [0.4, 0.5) is 22.7 Å². The topological polar surface area (TPSA) is 50.3 Å². The van der Waals surface area contributed by atoms with Crippen LogP contribution in [0, 0.1) is 0 Å². The van der Waals surface area contributed by atoms with Crippen LogP contribution in [-0.4, -0.2) is 66.5 Å². The molecule has 0 heterocycles. The van der Waals surface area contributed by atoms with Crippen LogP contribution in [0.5, 0.6) is 0 Å². The van der Waals surface area contributed by atoms with E-state index in [2.05, 4.69) is 71.0 Å². The van der Waals surface area contributed by atoms with Gasteiger partial charge in [0.2, 0.25) is 0 Å². The molecule has 0 fully saturated rings. The summed E-state index contributed by atoms with van der Waals surface area (Å²) in [7, 11) is 12.0. The first-order valence-corrected chi connectivity index (χ1v) is 12.5. The molecule has 0 spiro atoms. The van der Waals surface area contributed by atoms with E-state index in [1.807, 2.05) is 59.3 Å². The maximum Gasteiger partial charge on any atom is 0.336 e. The van der Waals surface area contributed by atoms with Crippen molar-refractivity contribution in [1.82, 2.24) is 0 Å². The van der Waals surface area contributed by atoms with Gasteiger partial charge < -0.3 is 24.7 Å². The van der Waals surface area contributed by atoms with Crippen molar-refractivity contribution in [3.05, 3.63) is 82.9 Å². The highest BCUT2D eigenvalue weighted by atomic mass is 16.4. The lowest BCUT2D eigenvalue weighted by Crippen LogP contribution is -2.22. The van der Waals surface area contributed by atoms with Crippen LogP contribution in [-0.2, 0) is 0 Å². The molecule has 192 valence electrons. The first-order chi connectivity index (χ1) is 17.1. The smallest absolute Gasteiger partial charge is 0.336 e. The summed E-state index contributed by atoms with van der Waals surface area (Å²) in [6.45, 7) is 6.18. The second-order valence-corrected chi connectivity index (χ2v) is 9.70. The minimum absolute atomic E-state index is 0.244. The molecule has 36 heavy (non-hydrogen) atoms. The average molecular weight is 489 g/mol. The zero-order valence-electron chi connectivity index (χ0n) is 22.9. The lowest BCUT2D eigenvalue weighted by atomic mass is 9.81. The molecule has 1 N–H and O–H groups in total. The molecule has 0 saturated heterocycles. The quantitative estimate of drug-likeness (QED) is 0.375. The maximum absolute atomic E-state index is 12.5. The fourth-order valence-electron chi connectivity index (χ4n) is 4.69. The van der Waals surface area contributed by atoms with E-state index in [0.29, 0.717) is 5.56 Å². The number of anilines is 4. The predicted octanol–water partition coefficient (Wildman–Crippen LogP) is 5.61. The standard InChI is InChI=1S/C30H40N4O2/c1-9-34(10-2)22-13-11-21(12-14-22)29(25-17-15-23(31(3)4)19-27(25)30(35)36)26-18-16-24(32(5)6)20-28(26)33(7)8/h11-20,29H,9-10H2,1-8H3,(H,35,36). The molecule has 0 aliphatic rings. The Morgan fingerprint density at radius 3 is 1.67 bits per heavy atom. The lowest BCUT2D eigenvalue weighted by molar-refractivity contribution is 0.0695. The first-order valence-electron chi connectivity index (χ1n) is 12.5. The average Bonchev–Trinajstić information content (AvgIpc) is 2.85. The Hall–Kier alpha value is -3.67. The number of benzene rings is 3. The molecular weight excluding hydrogens is 448 g/mol. The highest BCUT2D eigenvalue weighted by molar-refractivity contribution is 5.91. The van der Waals surface area contributed by atoms with Crippen molar-refractivity contribution in [2.45, 2.75) is 19.8 Å². The van der Waals surface area contributed by atoms with Crippen molar-refractivity contribution in [2.24, 2.45) is 0 Å². The Kier molecular flexibility index (Phi) is 8.51. The first kappa shape index (κ1) is 26.9. The third-order valence-corrected chi connectivity index (χ3v) is 6.77. The van der Waals surface area contributed by atoms with Gasteiger partial charge in [-0.2, -0.15) is 0 Å². The van der Waals surface area contributed by atoms with Gasteiger partial charge in [-0.15, -0.1) is 0 Å². The Labute approximate surface area is 216 Å². The van der Waals surface area contributed by atoms with Crippen molar-refractivity contribution in [3.63, 3.8) is 0 Å². The summed E-state index contributed by atoms with van der Waals surface area (Å²) in [5.74, 6) is -1.17. The van der Waals surface area contributed by atoms with Crippen LogP contribution < -0.4 is 19.6 Å². The van der Waals surface area contributed by atoms with E-state index in [9.17, 15) is 9.90 Å². The molecule has 0 radical (unpaired) electrons. The van der Waals surface area contributed by atoms with Crippen molar-refractivity contribution in [3.8, 4) is 0 Å². The second kappa shape index (κ2) is 11.4. The molecular formula is C30H40N4O2. The number of hydrogen-bond donors (Lipinski definition) is 1. The minimum atomic E-state index is -0.922. The fraction of sp³-hybridized carbons (Fsp3) is 0.367. The normalized spacial score (nSPS) is 11.7. The van der Waals surface area contributed by atoms with Crippen molar-refractivity contribution in [2.75, 3.05) is 75.0 Å². The van der Waals surface area contributed by atoms with Crippen LogP contribution >= 0.6 is 0 Å². The molecule has 6 heteroatoms. The molecule has 1 atom stereocenters. The number of hydrogen-bond acceptors (Lipinski definition) is 5. The van der Waals surface area contributed by atoms with E-state index >= 15 is 0 Å². The predicted molar refractivity (Wildman–Crippen MR) is 154 cm³/mol. The van der Waals surface area contributed by atoms with Crippen LogP contribution in [0.3, 0.4) is 0 Å². The minimum Gasteiger partial charge on any atom is -0.478 e. The van der Waals surface area contributed by atoms with E-state index in [1.165, 1.54) is 5.69 Å². The number of aromatic carboxylic acids is 1. The van der Waals surface area contributed by atoms with Gasteiger partial charge in [0.05, 0.1) is 5.56 Å². The van der Waals surface area contributed by atoms with E-state index in [4.69, 9.17) is 0 Å².